The molecule has 2 aromatic rings. The molecule has 0 spiro atoms. The lowest BCUT2D eigenvalue weighted by Gasteiger charge is -2.05. The van der Waals surface area contributed by atoms with Crippen LogP contribution in [0, 0.1) is 0 Å². The normalized spacial score (nSPS) is 11.5. The average molecular weight is 203 g/mol. The quantitative estimate of drug-likeness (QED) is 0.812. The number of rotatable bonds is 2. The van der Waals surface area contributed by atoms with Crippen molar-refractivity contribution >= 4 is 10.9 Å². The largest absolute Gasteiger partial charge is 0.326 e. The summed E-state index contributed by atoms with van der Waals surface area (Å²) in [6.07, 6.45) is 0. The first-order chi connectivity index (χ1) is 7.13. The van der Waals surface area contributed by atoms with Crippen LogP contribution in [-0.4, -0.2) is 9.78 Å². The van der Waals surface area contributed by atoms with Gasteiger partial charge in [-0.3, -0.25) is 4.68 Å². The van der Waals surface area contributed by atoms with Gasteiger partial charge in [-0.05, 0) is 17.5 Å². The second-order valence-corrected chi connectivity index (χ2v) is 4.22. The van der Waals surface area contributed by atoms with Gasteiger partial charge in [-0.25, -0.2) is 0 Å². The van der Waals surface area contributed by atoms with E-state index in [4.69, 9.17) is 5.73 Å². The molecular weight excluding hydrogens is 186 g/mol. The Morgan fingerprint density at radius 3 is 2.73 bits per heavy atom. The maximum absolute atomic E-state index is 5.61. The Balaban J connectivity index is 2.68. The van der Waals surface area contributed by atoms with Crippen molar-refractivity contribution in [1.82, 2.24) is 9.78 Å². The Labute approximate surface area is 89.9 Å². The summed E-state index contributed by atoms with van der Waals surface area (Å²) >= 11 is 0. The van der Waals surface area contributed by atoms with E-state index in [1.165, 1.54) is 11.1 Å². The van der Waals surface area contributed by atoms with E-state index in [1.54, 1.807) is 0 Å². The number of nitrogens with zero attached hydrogens (tertiary/aromatic N) is 2. The summed E-state index contributed by atoms with van der Waals surface area (Å²) in [5.41, 5.74) is 9.08. The SMILES string of the molecule is CC(C)c1c2ccc(CN)cc2nn1C. The van der Waals surface area contributed by atoms with Gasteiger partial charge in [0.2, 0.25) is 0 Å². The first kappa shape index (κ1) is 10.2. The average Bonchev–Trinajstić information content (AvgIpc) is 2.52. The fraction of sp³-hybridized carbons (Fsp3) is 0.417. The molecule has 0 atom stereocenters. The van der Waals surface area contributed by atoms with E-state index in [0.717, 1.165) is 11.1 Å². The number of aryl methyl sites for hydroxylation is 1. The summed E-state index contributed by atoms with van der Waals surface area (Å²) in [6.45, 7) is 4.95. The highest BCUT2D eigenvalue weighted by molar-refractivity contribution is 5.82. The maximum atomic E-state index is 5.61. The van der Waals surface area contributed by atoms with Crippen molar-refractivity contribution in [1.29, 1.82) is 0 Å². The third-order valence-electron chi connectivity index (χ3n) is 2.73. The summed E-state index contributed by atoms with van der Waals surface area (Å²) in [5.74, 6) is 0.490. The van der Waals surface area contributed by atoms with E-state index in [9.17, 15) is 0 Å². The van der Waals surface area contributed by atoms with Crippen LogP contribution in [0.25, 0.3) is 10.9 Å². The van der Waals surface area contributed by atoms with Crippen LogP contribution < -0.4 is 5.73 Å². The number of fused-ring (bicyclic) bond motifs is 1. The molecule has 1 aromatic carbocycles. The Hall–Kier alpha value is -1.35. The van der Waals surface area contributed by atoms with E-state index >= 15 is 0 Å². The molecule has 3 nitrogen and oxygen atoms in total. The highest BCUT2D eigenvalue weighted by Crippen LogP contribution is 2.25. The van der Waals surface area contributed by atoms with Crippen LogP contribution in [0.2, 0.25) is 0 Å². The molecule has 0 aliphatic carbocycles. The predicted octanol–water partition coefficient (Wildman–Crippen LogP) is 2.16. The number of hydrogen-bond donors (Lipinski definition) is 1. The van der Waals surface area contributed by atoms with Crippen LogP contribution in [0.15, 0.2) is 18.2 Å². The number of nitrogens with two attached hydrogens (primary N) is 1. The van der Waals surface area contributed by atoms with Gasteiger partial charge in [0, 0.05) is 24.7 Å². The molecule has 0 saturated carbocycles. The lowest BCUT2D eigenvalue weighted by Crippen LogP contribution is -1.99. The Morgan fingerprint density at radius 2 is 2.13 bits per heavy atom. The number of benzene rings is 1. The van der Waals surface area contributed by atoms with Crippen LogP contribution in [0.1, 0.15) is 31.0 Å². The first-order valence-electron chi connectivity index (χ1n) is 5.29. The second kappa shape index (κ2) is 3.66. The second-order valence-electron chi connectivity index (χ2n) is 4.22. The Morgan fingerprint density at radius 1 is 1.40 bits per heavy atom. The minimum absolute atomic E-state index is 0.490. The zero-order valence-corrected chi connectivity index (χ0v) is 9.49. The molecule has 0 fully saturated rings. The molecule has 0 saturated heterocycles. The van der Waals surface area contributed by atoms with Crippen molar-refractivity contribution < 1.29 is 0 Å². The van der Waals surface area contributed by atoms with Gasteiger partial charge in [0.05, 0.1) is 5.52 Å². The number of hydrogen-bond acceptors (Lipinski definition) is 2. The molecule has 1 heterocycles. The monoisotopic (exact) mass is 203 g/mol. The topological polar surface area (TPSA) is 43.8 Å². The zero-order valence-electron chi connectivity index (χ0n) is 9.49. The van der Waals surface area contributed by atoms with Crippen LogP contribution in [0.5, 0.6) is 0 Å². The Kier molecular flexibility index (Phi) is 2.49. The summed E-state index contributed by atoms with van der Waals surface area (Å²) in [4.78, 5) is 0. The molecule has 0 aliphatic heterocycles. The van der Waals surface area contributed by atoms with E-state index < -0.39 is 0 Å². The van der Waals surface area contributed by atoms with Crippen LogP contribution in [-0.2, 0) is 13.6 Å². The molecule has 1 aromatic heterocycles. The van der Waals surface area contributed by atoms with Crippen molar-refractivity contribution in [2.75, 3.05) is 0 Å². The molecule has 3 heteroatoms. The van der Waals surface area contributed by atoms with Gasteiger partial charge in [-0.1, -0.05) is 26.0 Å². The molecule has 0 bridgehead atoms. The minimum Gasteiger partial charge on any atom is -0.326 e. The van der Waals surface area contributed by atoms with Gasteiger partial charge < -0.3 is 5.73 Å². The molecule has 2 N–H and O–H groups in total. The molecule has 2 rings (SSSR count). The van der Waals surface area contributed by atoms with Gasteiger partial charge in [0.25, 0.3) is 0 Å². The van der Waals surface area contributed by atoms with Gasteiger partial charge in [0.15, 0.2) is 0 Å². The third-order valence-corrected chi connectivity index (χ3v) is 2.73. The van der Waals surface area contributed by atoms with Crippen molar-refractivity contribution in [2.24, 2.45) is 12.8 Å². The predicted molar refractivity (Wildman–Crippen MR) is 62.7 cm³/mol. The lowest BCUT2D eigenvalue weighted by molar-refractivity contribution is 0.677. The van der Waals surface area contributed by atoms with Crippen LogP contribution >= 0.6 is 0 Å². The van der Waals surface area contributed by atoms with E-state index in [0.29, 0.717) is 12.5 Å². The van der Waals surface area contributed by atoms with E-state index in [-0.39, 0.29) is 0 Å². The van der Waals surface area contributed by atoms with Crippen molar-refractivity contribution in [3.8, 4) is 0 Å². The summed E-state index contributed by atoms with van der Waals surface area (Å²) in [5, 5.41) is 5.74. The third kappa shape index (κ3) is 1.63. The molecule has 80 valence electrons. The van der Waals surface area contributed by atoms with Crippen molar-refractivity contribution in [2.45, 2.75) is 26.3 Å². The van der Waals surface area contributed by atoms with Crippen molar-refractivity contribution in [3.05, 3.63) is 29.5 Å². The summed E-state index contributed by atoms with van der Waals surface area (Å²) < 4.78 is 1.97. The molecule has 0 unspecified atom stereocenters. The van der Waals surface area contributed by atoms with Crippen molar-refractivity contribution in [3.63, 3.8) is 0 Å². The molecule has 0 radical (unpaired) electrons. The standard InChI is InChI=1S/C12H17N3/c1-8(2)12-10-5-4-9(7-13)6-11(10)14-15(12)3/h4-6,8H,7,13H2,1-3H3. The highest BCUT2D eigenvalue weighted by Gasteiger charge is 2.11. The van der Waals surface area contributed by atoms with Gasteiger partial charge in [-0.2, -0.15) is 5.10 Å². The fourth-order valence-electron chi connectivity index (χ4n) is 2.08. The zero-order chi connectivity index (χ0) is 11.0. The summed E-state index contributed by atoms with van der Waals surface area (Å²) in [6, 6.07) is 6.27. The molecule has 0 aliphatic rings. The van der Waals surface area contributed by atoms with E-state index in [2.05, 4.69) is 37.1 Å². The first-order valence-corrected chi connectivity index (χ1v) is 5.29. The molecule has 0 amide bonds. The summed E-state index contributed by atoms with van der Waals surface area (Å²) in [7, 11) is 2.00. The maximum Gasteiger partial charge on any atom is 0.0929 e. The fourth-order valence-corrected chi connectivity index (χ4v) is 2.08. The Bertz CT molecular complexity index is 483. The molecule has 15 heavy (non-hydrogen) atoms. The van der Waals surface area contributed by atoms with Gasteiger partial charge >= 0.3 is 0 Å². The molecular formula is C12H17N3. The lowest BCUT2D eigenvalue weighted by atomic mass is 10.0. The smallest absolute Gasteiger partial charge is 0.0929 e. The van der Waals surface area contributed by atoms with Crippen LogP contribution in [0.4, 0.5) is 0 Å². The highest BCUT2D eigenvalue weighted by atomic mass is 15.3. The minimum atomic E-state index is 0.490. The van der Waals surface area contributed by atoms with Gasteiger partial charge in [0.1, 0.15) is 0 Å². The van der Waals surface area contributed by atoms with E-state index in [1.807, 2.05) is 11.7 Å². The van der Waals surface area contributed by atoms with Crippen LogP contribution in [0.3, 0.4) is 0 Å². The van der Waals surface area contributed by atoms with Gasteiger partial charge in [-0.15, -0.1) is 0 Å². The number of aromatic nitrogens is 2.